The van der Waals surface area contributed by atoms with E-state index in [1.807, 2.05) is 18.2 Å². The summed E-state index contributed by atoms with van der Waals surface area (Å²) in [4.78, 5) is 24.0. The van der Waals surface area contributed by atoms with Crippen molar-refractivity contribution < 1.29 is 14.3 Å². The van der Waals surface area contributed by atoms with Crippen molar-refractivity contribution >= 4 is 49.5 Å². The molecular formula is C10H7Br2NO3. The summed E-state index contributed by atoms with van der Waals surface area (Å²) in [6, 6.07) is 5.57. The van der Waals surface area contributed by atoms with E-state index in [1.54, 1.807) is 4.90 Å². The molecule has 0 bridgehead atoms. The molecule has 2 rings (SSSR count). The maximum absolute atomic E-state index is 11.1. The first-order valence-corrected chi connectivity index (χ1v) is 6.08. The number of benzene rings is 1. The average molecular weight is 349 g/mol. The zero-order valence-electron chi connectivity index (χ0n) is 8.07. The van der Waals surface area contributed by atoms with Crippen LogP contribution in [0, 0.1) is 0 Å². The summed E-state index contributed by atoms with van der Waals surface area (Å²) in [6.45, 7) is 0.168. The minimum absolute atomic E-state index is 0.0841. The highest BCUT2D eigenvalue weighted by Crippen LogP contribution is 2.30. The van der Waals surface area contributed by atoms with Gasteiger partial charge in [0.2, 0.25) is 0 Å². The van der Waals surface area contributed by atoms with Crippen LogP contribution in [0.2, 0.25) is 0 Å². The zero-order valence-corrected chi connectivity index (χ0v) is 11.2. The van der Waals surface area contributed by atoms with Gasteiger partial charge >= 0.3 is 11.9 Å². The molecule has 0 atom stereocenters. The summed E-state index contributed by atoms with van der Waals surface area (Å²) in [5.74, 6) is -1.05. The molecule has 0 unspecified atom stereocenters. The molecule has 16 heavy (non-hydrogen) atoms. The average Bonchev–Trinajstić information content (AvgIpc) is 2.20. The second-order valence-electron chi connectivity index (χ2n) is 3.30. The molecule has 0 N–H and O–H groups in total. The molecule has 0 radical (unpaired) electrons. The molecule has 0 spiro atoms. The number of rotatable bonds is 1. The molecule has 1 aromatic carbocycles. The van der Waals surface area contributed by atoms with Crippen LogP contribution >= 0.6 is 31.9 Å². The van der Waals surface area contributed by atoms with E-state index in [4.69, 9.17) is 0 Å². The Morgan fingerprint density at radius 3 is 2.38 bits per heavy atom. The van der Waals surface area contributed by atoms with Gasteiger partial charge in [-0.05, 0) is 34.1 Å². The molecule has 0 saturated carbocycles. The second kappa shape index (κ2) is 4.55. The second-order valence-corrected chi connectivity index (χ2v) is 5.07. The van der Waals surface area contributed by atoms with Crippen molar-refractivity contribution in [2.75, 3.05) is 18.0 Å². The van der Waals surface area contributed by atoms with E-state index in [-0.39, 0.29) is 13.1 Å². The minimum Gasteiger partial charge on any atom is -0.390 e. The number of cyclic esters (lactones) is 2. The van der Waals surface area contributed by atoms with E-state index in [9.17, 15) is 9.59 Å². The third-order valence-corrected chi connectivity index (χ3v) is 3.28. The zero-order chi connectivity index (χ0) is 11.7. The van der Waals surface area contributed by atoms with Crippen molar-refractivity contribution in [2.24, 2.45) is 0 Å². The highest BCUT2D eigenvalue weighted by atomic mass is 79.9. The number of carbonyl (C=O) groups excluding carboxylic acids is 2. The SMILES string of the molecule is O=C1CN(c2cc(Br)ccc2Br)CC(=O)O1. The Kier molecular flexibility index (Phi) is 3.30. The van der Waals surface area contributed by atoms with Gasteiger partial charge in [0.25, 0.3) is 0 Å². The summed E-state index contributed by atoms with van der Waals surface area (Å²) in [5.41, 5.74) is 0.791. The van der Waals surface area contributed by atoms with Gasteiger partial charge in [-0.25, -0.2) is 9.59 Å². The first-order chi connectivity index (χ1) is 7.56. The molecule has 1 aliphatic heterocycles. The van der Waals surface area contributed by atoms with E-state index < -0.39 is 11.9 Å². The van der Waals surface area contributed by atoms with Crippen LogP contribution in [0.15, 0.2) is 27.1 Å². The number of hydrogen-bond donors (Lipinski definition) is 0. The van der Waals surface area contributed by atoms with Crippen molar-refractivity contribution in [3.63, 3.8) is 0 Å². The fourth-order valence-electron chi connectivity index (χ4n) is 1.46. The number of esters is 2. The van der Waals surface area contributed by atoms with Gasteiger partial charge in [-0.3, -0.25) is 0 Å². The Bertz CT molecular complexity index is 445. The molecule has 0 amide bonds. The Hall–Kier alpha value is -0.880. The first kappa shape index (κ1) is 11.6. The van der Waals surface area contributed by atoms with Crippen LogP contribution in [0.5, 0.6) is 0 Å². The lowest BCUT2D eigenvalue weighted by molar-refractivity contribution is -0.160. The van der Waals surface area contributed by atoms with E-state index in [0.29, 0.717) is 0 Å². The number of hydrogen-bond acceptors (Lipinski definition) is 4. The molecular weight excluding hydrogens is 342 g/mol. The van der Waals surface area contributed by atoms with Crippen molar-refractivity contribution in [3.05, 3.63) is 27.1 Å². The molecule has 4 nitrogen and oxygen atoms in total. The summed E-state index contributed by atoms with van der Waals surface area (Å²) in [5, 5.41) is 0. The smallest absolute Gasteiger partial charge is 0.333 e. The molecule has 1 saturated heterocycles. The fourth-order valence-corrected chi connectivity index (χ4v) is 2.30. The lowest BCUT2D eigenvalue weighted by atomic mass is 10.2. The van der Waals surface area contributed by atoms with Gasteiger partial charge in [-0.1, -0.05) is 15.9 Å². The van der Waals surface area contributed by atoms with E-state index >= 15 is 0 Å². The van der Waals surface area contributed by atoms with Crippen LogP contribution in [-0.2, 0) is 14.3 Å². The molecule has 1 heterocycles. The van der Waals surface area contributed by atoms with Crippen molar-refractivity contribution in [3.8, 4) is 0 Å². The Balaban J connectivity index is 2.32. The Morgan fingerprint density at radius 1 is 1.12 bits per heavy atom. The normalized spacial score (nSPS) is 16.2. The topological polar surface area (TPSA) is 46.6 Å². The van der Waals surface area contributed by atoms with E-state index in [0.717, 1.165) is 14.6 Å². The number of anilines is 1. The van der Waals surface area contributed by atoms with Gasteiger partial charge in [0.15, 0.2) is 0 Å². The van der Waals surface area contributed by atoms with Gasteiger partial charge in [0, 0.05) is 8.95 Å². The first-order valence-electron chi connectivity index (χ1n) is 4.50. The van der Waals surface area contributed by atoms with Crippen LogP contribution in [-0.4, -0.2) is 25.0 Å². The maximum atomic E-state index is 11.1. The number of carbonyl (C=O) groups is 2. The third-order valence-electron chi connectivity index (χ3n) is 2.12. The van der Waals surface area contributed by atoms with Crippen molar-refractivity contribution in [1.29, 1.82) is 0 Å². The fraction of sp³-hybridized carbons (Fsp3) is 0.200. The third kappa shape index (κ3) is 2.44. The van der Waals surface area contributed by atoms with Crippen LogP contribution in [0.25, 0.3) is 0 Å². The molecule has 6 heteroatoms. The van der Waals surface area contributed by atoms with Crippen LogP contribution in [0.1, 0.15) is 0 Å². The van der Waals surface area contributed by atoms with Gasteiger partial charge in [-0.15, -0.1) is 0 Å². The summed E-state index contributed by atoms with van der Waals surface area (Å²) in [7, 11) is 0. The monoisotopic (exact) mass is 347 g/mol. The largest absolute Gasteiger partial charge is 0.390 e. The predicted octanol–water partition coefficient (Wildman–Crippen LogP) is 2.10. The van der Waals surface area contributed by atoms with Gasteiger partial charge in [0.1, 0.15) is 13.1 Å². The summed E-state index contributed by atoms with van der Waals surface area (Å²) >= 11 is 6.72. The van der Waals surface area contributed by atoms with Crippen molar-refractivity contribution in [1.82, 2.24) is 0 Å². The molecule has 1 fully saturated rings. The predicted molar refractivity (Wildman–Crippen MR) is 65.2 cm³/mol. The lowest BCUT2D eigenvalue weighted by Gasteiger charge is -2.27. The summed E-state index contributed by atoms with van der Waals surface area (Å²) < 4.78 is 6.18. The quantitative estimate of drug-likeness (QED) is 0.576. The maximum Gasteiger partial charge on any atom is 0.333 e. The molecule has 1 aliphatic rings. The van der Waals surface area contributed by atoms with Crippen LogP contribution in [0.4, 0.5) is 5.69 Å². The Labute approximate surface area is 109 Å². The van der Waals surface area contributed by atoms with Crippen LogP contribution in [0.3, 0.4) is 0 Å². The standard InChI is InChI=1S/C10H7Br2NO3/c11-6-1-2-7(12)8(3-6)13-4-9(14)16-10(15)5-13/h1-3H,4-5H2. The molecule has 0 aromatic heterocycles. The van der Waals surface area contributed by atoms with Crippen molar-refractivity contribution in [2.45, 2.75) is 0 Å². The Morgan fingerprint density at radius 2 is 1.75 bits per heavy atom. The summed E-state index contributed by atoms with van der Waals surface area (Å²) in [6.07, 6.45) is 0. The highest BCUT2D eigenvalue weighted by molar-refractivity contribution is 9.11. The number of morpholine rings is 1. The number of ether oxygens (including phenoxy) is 1. The minimum atomic E-state index is -0.525. The molecule has 1 aromatic rings. The van der Waals surface area contributed by atoms with Gasteiger partial charge in [-0.2, -0.15) is 0 Å². The highest BCUT2D eigenvalue weighted by Gasteiger charge is 2.26. The molecule has 84 valence electrons. The van der Waals surface area contributed by atoms with Gasteiger partial charge < -0.3 is 9.64 Å². The van der Waals surface area contributed by atoms with E-state index in [1.165, 1.54) is 0 Å². The number of halogens is 2. The molecule has 0 aliphatic carbocycles. The van der Waals surface area contributed by atoms with Gasteiger partial charge in [0.05, 0.1) is 5.69 Å². The lowest BCUT2D eigenvalue weighted by Crippen LogP contribution is -2.43. The van der Waals surface area contributed by atoms with Crippen LogP contribution < -0.4 is 4.90 Å². The number of nitrogens with zero attached hydrogens (tertiary/aromatic N) is 1. The van der Waals surface area contributed by atoms with E-state index in [2.05, 4.69) is 36.6 Å².